The minimum atomic E-state index is 0.203. The minimum absolute atomic E-state index is 0.203. The van der Waals surface area contributed by atoms with Crippen LogP contribution in [-0.4, -0.2) is 70.3 Å². The van der Waals surface area contributed by atoms with Crippen LogP contribution in [0.2, 0.25) is 0 Å². The van der Waals surface area contributed by atoms with Gasteiger partial charge in [-0.25, -0.2) is 4.68 Å². The van der Waals surface area contributed by atoms with Gasteiger partial charge in [-0.3, -0.25) is 4.79 Å². The van der Waals surface area contributed by atoms with Crippen molar-refractivity contribution in [3.05, 3.63) is 47.2 Å². The van der Waals surface area contributed by atoms with Crippen LogP contribution < -0.4 is 4.74 Å². The predicted molar refractivity (Wildman–Crippen MR) is 122 cm³/mol. The Morgan fingerprint density at radius 2 is 1.81 bits per heavy atom. The van der Waals surface area contributed by atoms with Crippen LogP contribution in [0.5, 0.6) is 5.88 Å². The number of hydrogen-bond donors (Lipinski definition) is 0. The third-order valence-corrected chi connectivity index (χ3v) is 6.28. The van der Waals surface area contributed by atoms with Crippen molar-refractivity contribution in [2.75, 3.05) is 39.8 Å². The molecule has 0 radical (unpaired) electrons. The van der Waals surface area contributed by atoms with E-state index >= 15 is 0 Å². The molecule has 0 atom stereocenters. The molecular weight excluding hydrogens is 390 g/mol. The Bertz CT molecular complexity index is 1070. The molecule has 0 bridgehead atoms. The minimum Gasteiger partial charge on any atom is -0.481 e. The second-order valence-electron chi connectivity index (χ2n) is 8.07. The number of rotatable bonds is 6. The van der Waals surface area contributed by atoms with Crippen LogP contribution in [-0.2, 0) is 11.2 Å². The van der Waals surface area contributed by atoms with Crippen molar-refractivity contribution in [2.45, 2.75) is 33.6 Å². The van der Waals surface area contributed by atoms with Crippen LogP contribution in [0.25, 0.3) is 16.7 Å². The lowest BCUT2D eigenvalue weighted by molar-refractivity contribution is -0.132. The number of amides is 1. The molecule has 0 aliphatic carbocycles. The first kappa shape index (κ1) is 21.3. The van der Waals surface area contributed by atoms with Crippen molar-refractivity contribution in [1.29, 1.82) is 0 Å². The summed E-state index contributed by atoms with van der Waals surface area (Å²) in [7, 11) is 1.64. The molecule has 0 N–H and O–H groups in total. The summed E-state index contributed by atoms with van der Waals surface area (Å²) in [5, 5.41) is 5.77. The highest BCUT2D eigenvalue weighted by Crippen LogP contribution is 2.32. The van der Waals surface area contributed by atoms with Crippen molar-refractivity contribution in [1.82, 2.24) is 24.6 Å². The predicted octanol–water partition coefficient (Wildman–Crippen LogP) is 3.14. The summed E-state index contributed by atoms with van der Waals surface area (Å²) in [4.78, 5) is 22.0. The Kier molecular flexibility index (Phi) is 6.23. The zero-order chi connectivity index (χ0) is 22.0. The fraction of sp³-hybridized carbons (Fsp3) is 0.458. The number of para-hydroxylation sites is 1. The molecule has 7 nitrogen and oxygen atoms in total. The molecule has 3 heterocycles. The maximum Gasteiger partial charge on any atom is 0.222 e. The Labute approximate surface area is 183 Å². The maximum absolute atomic E-state index is 12.8. The monoisotopic (exact) mass is 421 g/mol. The van der Waals surface area contributed by atoms with E-state index in [0.717, 1.165) is 66.3 Å². The molecule has 0 spiro atoms. The number of ether oxygens (including phenoxy) is 1. The number of piperazine rings is 1. The smallest absolute Gasteiger partial charge is 0.222 e. The first-order valence-electron chi connectivity index (χ1n) is 11.0. The molecule has 1 aliphatic heterocycles. The maximum atomic E-state index is 12.8. The highest BCUT2D eigenvalue weighted by Gasteiger charge is 2.23. The molecule has 1 aliphatic rings. The van der Waals surface area contributed by atoms with Gasteiger partial charge in [0, 0.05) is 43.5 Å². The van der Waals surface area contributed by atoms with Gasteiger partial charge in [0.05, 0.1) is 18.5 Å². The number of aryl methyl sites for hydroxylation is 2. The topological polar surface area (TPSA) is 63.5 Å². The molecule has 3 aromatic rings. The number of fused-ring (bicyclic) bond motifs is 1. The van der Waals surface area contributed by atoms with Gasteiger partial charge in [-0.1, -0.05) is 25.1 Å². The van der Waals surface area contributed by atoms with Crippen LogP contribution in [0.4, 0.5) is 0 Å². The summed E-state index contributed by atoms with van der Waals surface area (Å²) in [5.74, 6) is 0.777. The summed E-state index contributed by atoms with van der Waals surface area (Å²) >= 11 is 0. The van der Waals surface area contributed by atoms with Gasteiger partial charge < -0.3 is 14.5 Å². The van der Waals surface area contributed by atoms with E-state index in [-0.39, 0.29) is 5.91 Å². The van der Waals surface area contributed by atoms with Crippen molar-refractivity contribution >= 4 is 16.9 Å². The van der Waals surface area contributed by atoms with Crippen molar-refractivity contribution in [3.8, 4) is 11.6 Å². The first-order chi connectivity index (χ1) is 15.0. The second kappa shape index (κ2) is 9.06. The van der Waals surface area contributed by atoms with Gasteiger partial charge >= 0.3 is 0 Å². The molecule has 31 heavy (non-hydrogen) atoms. The molecule has 7 heteroatoms. The summed E-state index contributed by atoms with van der Waals surface area (Å²) in [6, 6.07) is 9.99. The Morgan fingerprint density at radius 3 is 2.45 bits per heavy atom. The number of nitrogens with zero attached hydrogens (tertiary/aromatic N) is 5. The number of pyridine rings is 1. The number of benzene rings is 1. The molecule has 164 valence electrons. The van der Waals surface area contributed by atoms with E-state index in [1.165, 1.54) is 0 Å². The number of likely N-dealkylation sites (N-methyl/N-ethyl adjacent to an activating group) is 1. The average Bonchev–Trinajstić information content (AvgIpc) is 3.15. The highest BCUT2D eigenvalue weighted by molar-refractivity contribution is 5.86. The Morgan fingerprint density at radius 1 is 1.10 bits per heavy atom. The lowest BCUT2D eigenvalue weighted by Crippen LogP contribution is -2.48. The van der Waals surface area contributed by atoms with E-state index in [1.807, 2.05) is 46.8 Å². The fourth-order valence-electron chi connectivity index (χ4n) is 4.45. The number of carbonyl (C=O) groups is 1. The zero-order valence-electron chi connectivity index (χ0n) is 18.9. The number of aromatic nitrogens is 3. The van der Waals surface area contributed by atoms with Crippen molar-refractivity contribution in [2.24, 2.45) is 0 Å². The Balaban J connectivity index is 1.60. The SMILES string of the molecule is CCN1CCN(C(=O)CCc2c(OC)nc3c(c(C)nn3-c3ccccc3)c2C)CC1. The lowest BCUT2D eigenvalue weighted by atomic mass is 10.0. The average molecular weight is 422 g/mol. The van der Waals surface area contributed by atoms with Gasteiger partial charge in [0.1, 0.15) is 0 Å². The van der Waals surface area contributed by atoms with Gasteiger partial charge in [0.25, 0.3) is 0 Å². The van der Waals surface area contributed by atoms with Gasteiger partial charge in [0.2, 0.25) is 11.8 Å². The molecule has 2 aromatic heterocycles. The van der Waals surface area contributed by atoms with E-state index in [1.54, 1.807) is 7.11 Å². The Hall–Kier alpha value is -2.93. The lowest BCUT2D eigenvalue weighted by Gasteiger charge is -2.34. The number of carbonyl (C=O) groups excluding carboxylic acids is 1. The van der Waals surface area contributed by atoms with Crippen LogP contribution in [0.3, 0.4) is 0 Å². The quantitative estimate of drug-likeness (QED) is 0.612. The van der Waals surface area contributed by atoms with E-state index in [9.17, 15) is 4.79 Å². The molecule has 4 rings (SSSR count). The third kappa shape index (κ3) is 4.14. The molecule has 0 unspecified atom stereocenters. The largest absolute Gasteiger partial charge is 0.481 e. The van der Waals surface area contributed by atoms with Crippen molar-refractivity contribution < 1.29 is 9.53 Å². The number of methoxy groups -OCH3 is 1. The van der Waals surface area contributed by atoms with E-state index in [4.69, 9.17) is 14.8 Å². The standard InChI is InChI=1S/C24H31N5O2/c1-5-27-13-15-28(16-14-27)21(30)12-11-20-17(2)22-18(3)26-29(19-9-7-6-8-10-19)23(22)25-24(20)31-4/h6-10H,5,11-16H2,1-4H3. The van der Waals surface area contributed by atoms with E-state index < -0.39 is 0 Å². The van der Waals surface area contributed by atoms with E-state index in [2.05, 4.69) is 18.7 Å². The second-order valence-corrected chi connectivity index (χ2v) is 8.07. The highest BCUT2D eigenvalue weighted by atomic mass is 16.5. The molecule has 1 saturated heterocycles. The van der Waals surface area contributed by atoms with Gasteiger partial charge in [-0.15, -0.1) is 0 Å². The molecule has 0 saturated carbocycles. The third-order valence-electron chi connectivity index (χ3n) is 6.28. The van der Waals surface area contributed by atoms with Crippen LogP contribution in [0, 0.1) is 13.8 Å². The van der Waals surface area contributed by atoms with Gasteiger partial charge in [-0.2, -0.15) is 10.1 Å². The zero-order valence-corrected chi connectivity index (χ0v) is 18.9. The molecule has 1 aromatic carbocycles. The summed E-state index contributed by atoms with van der Waals surface area (Å²) < 4.78 is 7.52. The summed E-state index contributed by atoms with van der Waals surface area (Å²) in [6.45, 7) is 10.8. The summed E-state index contributed by atoms with van der Waals surface area (Å²) in [6.07, 6.45) is 1.07. The van der Waals surface area contributed by atoms with Gasteiger partial charge in [0.15, 0.2) is 5.65 Å². The summed E-state index contributed by atoms with van der Waals surface area (Å²) in [5.41, 5.74) is 4.75. The van der Waals surface area contributed by atoms with Crippen LogP contribution >= 0.6 is 0 Å². The van der Waals surface area contributed by atoms with E-state index in [0.29, 0.717) is 18.7 Å². The first-order valence-corrected chi connectivity index (χ1v) is 11.0. The van der Waals surface area contributed by atoms with Gasteiger partial charge in [-0.05, 0) is 44.5 Å². The number of hydrogen-bond acceptors (Lipinski definition) is 5. The molecule has 1 amide bonds. The fourth-order valence-corrected chi connectivity index (χ4v) is 4.45. The van der Waals surface area contributed by atoms with Crippen LogP contribution in [0.1, 0.15) is 30.2 Å². The molecular formula is C24H31N5O2. The molecule has 1 fully saturated rings. The van der Waals surface area contributed by atoms with Crippen molar-refractivity contribution in [3.63, 3.8) is 0 Å². The van der Waals surface area contributed by atoms with Crippen LogP contribution in [0.15, 0.2) is 30.3 Å². The normalized spacial score (nSPS) is 14.9.